The Morgan fingerprint density at radius 3 is 2.69 bits per heavy atom. The zero-order chi connectivity index (χ0) is 11.4. The fourth-order valence-corrected chi connectivity index (χ4v) is 1.98. The van der Waals surface area contributed by atoms with Crippen molar-refractivity contribution in [2.75, 3.05) is 24.6 Å². The molecule has 0 radical (unpaired) electrons. The van der Waals surface area contributed by atoms with Crippen molar-refractivity contribution >= 4 is 5.82 Å². The van der Waals surface area contributed by atoms with Crippen LogP contribution in [0.1, 0.15) is 18.4 Å². The smallest absolute Gasteiger partial charge is 0.128 e. The predicted molar refractivity (Wildman–Crippen MR) is 61.0 cm³/mol. The molecule has 0 unspecified atom stereocenters. The monoisotopic (exact) mass is 217 g/mol. The molecule has 1 aromatic rings. The van der Waals surface area contributed by atoms with Gasteiger partial charge in [0.05, 0.1) is 5.56 Å². The highest BCUT2D eigenvalue weighted by Crippen LogP contribution is 2.21. The lowest BCUT2D eigenvalue weighted by Crippen LogP contribution is -2.35. The summed E-state index contributed by atoms with van der Waals surface area (Å²) in [5.74, 6) is 1.37. The number of aromatic nitrogens is 1. The number of rotatable bonds is 2. The zero-order valence-electron chi connectivity index (χ0n) is 9.13. The fraction of sp³-hybridized carbons (Fsp3) is 0.500. The summed E-state index contributed by atoms with van der Waals surface area (Å²) in [6, 6.07) is 5.74. The second-order valence-corrected chi connectivity index (χ2v) is 4.13. The SMILES string of the molecule is N#Cc1ccc(N2CCC(CO)CC2)nc1. The largest absolute Gasteiger partial charge is 0.396 e. The maximum atomic E-state index is 9.05. The molecule has 1 N–H and O–H groups in total. The van der Waals surface area contributed by atoms with Crippen LogP contribution in [0.4, 0.5) is 5.82 Å². The molecule has 0 amide bonds. The number of piperidine rings is 1. The van der Waals surface area contributed by atoms with E-state index in [1.54, 1.807) is 12.3 Å². The molecule has 1 aliphatic rings. The number of hydrogen-bond acceptors (Lipinski definition) is 4. The first-order chi connectivity index (χ1) is 7.83. The lowest BCUT2D eigenvalue weighted by molar-refractivity contribution is 0.203. The first-order valence-electron chi connectivity index (χ1n) is 5.55. The molecule has 2 rings (SSSR count). The molecule has 4 heteroatoms. The molecular formula is C12H15N3O. The molecule has 1 saturated heterocycles. The molecule has 4 nitrogen and oxygen atoms in total. The van der Waals surface area contributed by atoms with Crippen molar-refractivity contribution in [3.63, 3.8) is 0 Å². The maximum Gasteiger partial charge on any atom is 0.128 e. The molecule has 0 saturated carbocycles. The average Bonchev–Trinajstić information content (AvgIpc) is 2.39. The van der Waals surface area contributed by atoms with E-state index in [-0.39, 0.29) is 6.61 Å². The second-order valence-electron chi connectivity index (χ2n) is 4.13. The molecule has 1 fully saturated rings. The van der Waals surface area contributed by atoms with Gasteiger partial charge in [0.1, 0.15) is 11.9 Å². The van der Waals surface area contributed by atoms with Gasteiger partial charge in [-0.2, -0.15) is 5.26 Å². The van der Waals surface area contributed by atoms with Crippen LogP contribution < -0.4 is 4.90 Å². The fourth-order valence-electron chi connectivity index (χ4n) is 1.98. The molecule has 0 aromatic carbocycles. The summed E-state index contributed by atoms with van der Waals surface area (Å²) in [6.07, 6.45) is 3.63. The van der Waals surface area contributed by atoms with Gasteiger partial charge in [-0.15, -0.1) is 0 Å². The van der Waals surface area contributed by atoms with Crippen molar-refractivity contribution < 1.29 is 5.11 Å². The van der Waals surface area contributed by atoms with Crippen molar-refractivity contribution in [3.8, 4) is 6.07 Å². The van der Waals surface area contributed by atoms with Gasteiger partial charge in [0.25, 0.3) is 0 Å². The van der Waals surface area contributed by atoms with Gasteiger partial charge in [-0.05, 0) is 30.9 Å². The van der Waals surface area contributed by atoms with Crippen molar-refractivity contribution in [3.05, 3.63) is 23.9 Å². The Labute approximate surface area is 95.1 Å². The third-order valence-electron chi connectivity index (χ3n) is 3.07. The maximum absolute atomic E-state index is 9.05. The lowest BCUT2D eigenvalue weighted by atomic mass is 9.98. The van der Waals surface area contributed by atoms with Crippen LogP contribution in [0.15, 0.2) is 18.3 Å². The topological polar surface area (TPSA) is 60.2 Å². The van der Waals surface area contributed by atoms with Crippen molar-refractivity contribution in [1.29, 1.82) is 5.26 Å². The summed E-state index contributed by atoms with van der Waals surface area (Å²) in [6.45, 7) is 2.16. The number of anilines is 1. The predicted octanol–water partition coefficient (Wildman–Crippen LogP) is 1.16. The number of aliphatic hydroxyl groups excluding tert-OH is 1. The first-order valence-corrected chi connectivity index (χ1v) is 5.55. The number of nitrogens with zero attached hydrogens (tertiary/aromatic N) is 3. The summed E-state index contributed by atoms with van der Waals surface area (Å²) < 4.78 is 0. The molecule has 1 aromatic heterocycles. The Kier molecular flexibility index (Phi) is 3.37. The van der Waals surface area contributed by atoms with Crippen LogP contribution in [-0.4, -0.2) is 29.8 Å². The Morgan fingerprint density at radius 1 is 1.44 bits per heavy atom. The Balaban J connectivity index is 2.00. The molecule has 0 bridgehead atoms. The summed E-state index contributed by atoms with van der Waals surface area (Å²) in [7, 11) is 0. The number of hydrogen-bond donors (Lipinski definition) is 1. The van der Waals surface area contributed by atoms with Gasteiger partial charge in [-0.25, -0.2) is 4.98 Å². The summed E-state index contributed by atoms with van der Waals surface area (Å²) in [4.78, 5) is 6.47. The van der Waals surface area contributed by atoms with Crippen LogP contribution in [0, 0.1) is 17.2 Å². The van der Waals surface area contributed by atoms with E-state index in [0.717, 1.165) is 31.7 Å². The van der Waals surface area contributed by atoms with E-state index in [1.165, 1.54) is 0 Å². The van der Waals surface area contributed by atoms with Crippen LogP contribution in [0.25, 0.3) is 0 Å². The van der Waals surface area contributed by atoms with Crippen LogP contribution >= 0.6 is 0 Å². The number of aliphatic hydroxyl groups is 1. The van der Waals surface area contributed by atoms with E-state index in [1.807, 2.05) is 6.07 Å². The van der Waals surface area contributed by atoms with Crippen LogP contribution in [-0.2, 0) is 0 Å². The lowest BCUT2D eigenvalue weighted by Gasteiger charge is -2.31. The van der Waals surface area contributed by atoms with Crippen LogP contribution in [0.2, 0.25) is 0 Å². The number of pyridine rings is 1. The van der Waals surface area contributed by atoms with Gasteiger partial charge in [0.15, 0.2) is 0 Å². The van der Waals surface area contributed by atoms with Gasteiger partial charge < -0.3 is 10.0 Å². The third kappa shape index (κ3) is 2.31. The van der Waals surface area contributed by atoms with E-state index >= 15 is 0 Å². The normalized spacial score (nSPS) is 17.1. The van der Waals surface area contributed by atoms with E-state index in [2.05, 4.69) is 16.0 Å². The molecule has 0 spiro atoms. The summed E-state index contributed by atoms with van der Waals surface area (Å²) in [5, 5.41) is 17.7. The van der Waals surface area contributed by atoms with Crippen molar-refractivity contribution in [2.45, 2.75) is 12.8 Å². The van der Waals surface area contributed by atoms with E-state index in [0.29, 0.717) is 11.5 Å². The molecule has 84 valence electrons. The zero-order valence-corrected chi connectivity index (χ0v) is 9.13. The minimum atomic E-state index is 0.286. The van der Waals surface area contributed by atoms with E-state index in [4.69, 9.17) is 10.4 Å². The quantitative estimate of drug-likeness (QED) is 0.807. The van der Waals surface area contributed by atoms with Crippen LogP contribution in [0.5, 0.6) is 0 Å². The Morgan fingerprint density at radius 2 is 2.19 bits per heavy atom. The highest BCUT2D eigenvalue weighted by molar-refractivity contribution is 5.42. The highest BCUT2D eigenvalue weighted by Gasteiger charge is 2.19. The average molecular weight is 217 g/mol. The third-order valence-corrected chi connectivity index (χ3v) is 3.07. The van der Waals surface area contributed by atoms with Crippen LogP contribution in [0.3, 0.4) is 0 Å². The van der Waals surface area contributed by atoms with Gasteiger partial charge in [-0.1, -0.05) is 0 Å². The first kappa shape index (κ1) is 10.9. The van der Waals surface area contributed by atoms with Gasteiger partial charge in [0.2, 0.25) is 0 Å². The van der Waals surface area contributed by atoms with Gasteiger partial charge >= 0.3 is 0 Å². The minimum absolute atomic E-state index is 0.286. The minimum Gasteiger partial charge on any atom is -0.396 e. The molecule has 2 heterocycles. The number of nitriles is 1. The Hall–Kier alpha value is -1.60. The standard InChI is InChI=1S/C12H15N3O/c13-7-11-1-2-12(14-8-11)15-5-3-10(9-16)4-6-15/h1-2,8,10,16H,3-6,9H2. The highest BCUT2D eigenvalue weighted by atomic mass is 16.3. The van der Waals surface area contributed by atoms with Gasteiger partial charge in [0, 0.05) is 25.9 Å². The Bertz CT molecular complexity index is 374. The van der Waals surface area contributed by atoms with Crippen molar-refractivity contribution in [2.24, 2.45) is 5.92 Å². The molecule has 1 aliphatic heterocycles. The molecular weight excluding hydrogens is 202 g/mol. The summed E-state index contributed by atoms with van der Waals surface area (Å²) in [5.41, 5.74) is 0.592. The summed E-state index contributed by atoms with van der Waals surface area (Å²) >= 11 is 0. The second kappa shape index (κ2) is 4.95. The van der Waals surface area contributed by atoms with Crippen molar-refractivity contribution in [1.82, 2.24) is 4.98 Å². The van der Waals surface area contributed by atoms with E-state index < -0.39 is 0 Å². The molecule has 16 heavy (non-hydrogen) atoms. The molecule has 0 atom stereocenters. The molecule has 0 aliphatic carbocycles. The van der Waals surface area contributed by atoms with E-state index in [9.17, 15) is 0 Å². The van der Waals surface area contributed by atoms with Gasteiger partial charge in [-0.3, -0.25) is 0 Å².